The highest BCUT2D eigenvalue weighted by Crippen LogP contribution is 2.04. The van der Waals surface area contributed by atoms with E-state index in [1.54, 1.807) is 12.3 Å². The van der Waals surface area contributed by atoms with Crippen molar-refractivity contribution >= 4 is 12.0 Å². The molecule has 0 aromatic carbocycles. The predicted molar refractivity (Wildman–Crippen MR) is 68.3 cm³/mol. The summed E-state index contributed by atoms with van der Waals surface area (Å²) in [6.07, 6.45) is 3.34. The van der Waals surface area contributed by atoms with Crippen LogP contribution >= 0.6 is 0 Å². The van der Waals surface area contributed by atoms with Crippen molar-refractivity contribution in [2.24, 2.45) is 5.92 Å². The van der Waals surface area contributed by atoms with Crippen molar-refractivity contribution in [2.75, 3.05) is 0 Å². The molecule has 1 unspecified atom stereocenters. The monoisotopic (exact) mass is 266 g/mol. The van der Waals surface area contributed by atoms with Crippen molar-refractivity contribution < 1.29 is 14.7 Å². The zero-order valence-corrected chi connectivity index (χ0v) is 11.0. The number of carboxylic acids is 1. The van der Waals surface area contributed by atoms with Gasteiger partial charge < -0.3 is 15.7 Å². The molecule has 104 valence electrons. The van der Waals surface area contributed by atoms with Crippen LogP contribution in [0.3, 0.4) is 0 Å². The summed E-state index contributed by atoms with van der Waals surface area (Å²) < 4.78 is 0. The van der Waals surface area contributed by atoms with E-state index in [9.17, 15) is 9.59 Å². The van der Waals surface area contributed by atoms with Crippen LogP contribution in [-0.2, 0) is 11.3 Å². The maximum Gasteiger partial charge on any atom is 0.326 e. The van der Waals surface area contributed by atoms with Gasteiger partial charge in [-0.1, -0.05) is 13.8 Å². The molecule has 7 heteroatoms. The van der Waals surface area contributed by atoms with Gasteiger partial charge in [-0.3, -0.25) is 0 Å². The summed E-state index contributed by atoms with van der Waals surface area (Å²) in [5.41, 5.74) is 0.654. The summed E-state index contributed by atoms with van der Waals surface area (Å²) >= 11 is 0. The second-order valence-electron chi connectivity index (χ2n) is 4.55. The van der Waals surface area contributed by atoms with Crippen LogP contribution in [-0.4, -0.2) is 33.1 Å². The third-order valence-electron chi connectivity index (χ3n) is 2.38. The smallest absolute Gasteiger partial charge is 0.326 e. The van der Waals surface area contributed by atoms with E-state index in [0.717, 1.165) is 0 Å². The van der Waals surface area contributed by atoms with E-state index in [1.165, 1.54) is 6.33 Å². The number of nitrogens with one attached hydrogen (secondary N) is 2. The fourth-order valence-corrected chi connectivity index (χ4v) is 1.50. The van der Waals surface area contributed by atoms with Crippen LogP contribution in [0.15, 0.2) is 18.6 Å². The Kier molecular flexibility index (Phi) is 5.72. The SMILES string of the molecule is CC(C)CC(NC(=O)NCc1ccncn1)C(=O)O. The Bertz CT molecular complexity index is 422. The molecule has 1 atom stereocenters. The summed E-state index contributed by atoms with van der Waals surface area (Å²) in [4.78, 5) is 30.3. The largest absolute Gasteiger partial charge is 0.480 e. The molecule has 0 aliphatic rings. The van der Waals surface area contributed by atoms with Gasteiger partial charge in [0, 0.05) is 6.20 Å². The number of aromatic nitrogens is 2. The number of nitrogens with zero attached hydrogens (tertiary/aromatic N) is 2. The van der Waals surface area contributed by atoms with Gasteiger partial charge in [-0.05, 0) is 18.4 Å². The van der Waals surface area contributed by atoms with Crippen LogP contribution in [0.25, 0.3) is 0 Å². The van der Waals surface area contributed by atoms with Gasteiger partial charge in [-0.25, -0.2) is 19.6 Å². The molecule has 0 saturated heterocycles. The zero-order chi connectivity index (χ0) is 14.3. The molecule has 1 heterocycles. The topological polar surface area (TPSA) is 104 Å². The first-order valence-corrected chi connectivity index (χ1v) is 6.01. The first-order chi connectivity index (χ1) is 8.99. The number of hydrogen-bond donors (Lipinski definition) is 3. The number of hydrogen-bond acceptors (Lipinski definition) is 4. The van der Waals surface area contributed by atoms with Crippen LogP contribution < -0.4 is 10.6 Å². The van der Waals surface area contributed by atoms with Crippen molar-refractivity contribution in [3.63, 3.8) is 0 Å². The fourth-order valence-electron chi connectivity index (χ4n) is 1.50. The minimum Gasteiger partial charge on any atom is -0.480 e. The molecule has 2 amide bonds. The van der Waals surface area contributed by atoms with Crippen LogP contribution in [0.4, 0.5) is 4.79 Å². The van der Waals surface area contributed by atoms with E-state index in [2.05, 4.69) is 20.6 Å². The molecule has 1 rings (SSSR count). The van der Waals surface area contributed by atoms with Crippen molar-refractivity contribution in [1.82, 2.24) is 20.6 Å². The molecule has 7 nitrogen and oxygen atoms in total. The molecule has 3 N–H and O–H groups in total. The molecule has 0 saturated carbocycles. The highest BCUT2D eigenvalue weighted by molar-refractivity contribution is 5.82. The third-order valence-corrected chi connectivity index (χ3v) is 2.38. The highest BCUT2D eigenvalue weighted by atomic mass is 16.4. The second kappa shape index (κ2) is 7.30. The molecule has 19 heavy (non-hydrogen) atoms. The molecule has 0 fully saturated rings. The Morgan fingerprint density at radius 2 is 2.16 bits per heavy atom. The molecule has 0 radical (unpaired) electrons. The minimum atomic E-state index is -1.04. The van der Waals surface area contributed by atoms with Gasteiger partial charge in [-0.15, -0.1) is 0 Å². The lowest BCUT2D eigenvalue weighted by Crippen LogP contribution is -2.46. The van der Waals surface area contributed by atoms with E-state index in [1.807, 2.05) is 13.8 Å². The summed E-state index contributed by atoms with van der Waals surface area (Å²) in [7, 11) is 0. The maximum atomic E-state index is 11.6. The summed E-state index contributed by atoms with van der Waals surface area (Å²) in [6.45, 7) is 4.02. The van der Waals surface area contributed by atoms with Gasteiger partial charge in [0.15, 0.2) is 0 Å². The van der Waals surface area contributed by atoms with Gasteiger partial charge in [0.2, 0.25) is 0 Å². The van der Waals surface area contributed by atoms with Crippen molar-refractivity contribution in [3.05, 3.63) is 24.3 Å². The van der Waals surface area contributed by atoms with Gasteiger partial charge in [0.1, 0.15) is 12.4 Å². The molecule has 0 aliphatic heterocycles. The Hall–Kier alpha value is -2.18. The fraction of sp³-hybridized carbons (Fsp3) is 0.500. The standard InChI is InChI=1S/C12H18N4O3/c1-8(2)5-10(11(17)18)16-12(19)14-6-9-3-4-13-7-15-9/h3-4,7-8,10H,5-6H2,1-2H3,(H,17,18)(H2,14,16,19). The number of aliphatic carboxylic acids is 1. The Morgan fingerprint density at radius 3 is 2.68 bits per heavy atom. The number of carboxylic acid groups (broad SMARTS) is 1. The maximum absolute atomic E-state index is 11.6. The lowest BCUT2D eigenvalue weighted by atomic mass is 10.0. The van der Waals surface area contributed by atoms with E-state index < -0.39 is 18.0 Å². The van der Waals surface area contributed by atoms with Gasteiger partial charge in [0.25, 0.3) is 0 Å². The van der Waals surface area contributed by atoms with Crippen molar-refractivity contribution in [2.45, 2.75) is 32.9 Å². The number of rotatable bonds is 6. The van der Waals surface area contributed by atoms with Gasteiger partial charge >= 0.3 is 12.0 Å². The van der Waals surface area contributed by atoms with Crippen LogP contribution in [0.2, 0.25) is 0 Å². The van der Waals surface area contributed by atoms with E-state index in [-0.39, 0.29) is 12.5 Å². The number of amides is 2. The summed E-state index contributed by atoms with van der Waals surface area (Å²) in [5.74, 6) is -0.853. The van der Waals surface area contributed by atoms with E-state index in [4.69, 9.17) is 5.11 Å². The number of urea groups is 1. The molecule has 1 aromatic heterocycles. The quantitative estimate of drug-likeness (QED) is 0.705. The summed E-state index contributed by atoms with van der Waals surface area (Å²) in [5, 5.41) is 14.0. The van der Waals surface area contributed by atoms with Crippen LogP contribution in [0.5, 0.6) is 0 Å². The van der Waals surface area contributed by atoms with Gasteiger partial charge in [0.05, 0.1) is 12.2 Å². The molecular formula is C12H18N4O3. The van der Waals surface area contributed by atoms with E-state index in [0.29, 0.717) is 12.1 Å². The Labute approximate surface area is 111 Å². The molecule has 0 bridgehead atoms. The molecular weight excluding hydrogens is 248 g/mol. The Balaban J connectivity index is 2.42. The number of carbonyl (C=O) groups excluding carboxylic acids is 1. The first-order valence-electron chi connectivity index (χ1n) is 6.01. The normalized spacial score (nSPS) is 11.9. The first kappa shape index (κ1) is 14.9. The predicted octanol–water partition coefficient (Wildman–Crippen LogP) is 0.775. The van der Waals surface area contributed by atoms with Crippen molar-refractivity contribution in [1.29, 1.82) is 0 Å². The average Bonchev–Trinajstić information content (AvgIpc) is 2.36. The minimum absolute atomic E-state index is 0.184. The van der Waals surface area contributed by atoms with Crippen molar-refractivity contribution in [3.8, 4) is 0 Å². The Morgan fingerprint density at radius 1 is 1.42 bits per heavy atom. The lowest BCUT2D eigenvalue weighted by Gasteiger charge is -2.16. The molecule has 0 spiro atoms. The van der Waals surface area contributed by atoms with E-state index >= 15 is 0 Å². The molecule has 0 aliphatic carbocycles. The summed E-state index contributed by atoms with van der Waals surface area (Å²) in [6, 6.07) is 0.264. The lowest BCUT2D eigenvalue weighted by molar-refractivity contribution is -0.139. The molecule has 1 aromatic rings. The van der Waals surface area contributed by atoms with Crippen LogP contribution in [0, 0.1) is 5.92 Å². The van der Waals surface area contributed by atoms with Gasteiger partial charge in [-0.2, -0.15) is 0 Å². The van der Waals surface area contributed by atoms with Crippen LogP contribution in [0.1, 0.15) is 26.0 Å². The second-order valence-corrected chi connectivity index (χ2v) is 4.55. The zero-order valence-electron chi connectivity index (χ0n) is 11.0. The third kappa shape index (κ3) is 5.80. The average molecular weight is 266 g/mol. The highest BCUT2D eigenvalue weighted by Gasteiger charge is 2.20. The number of carbonyl (C=O) groups is 2.